The highest BCUT2D eigenvalue weighted by molar-refractivity contribution is 5.91. The zero-order valence-electron chi connectivity index (χ0n) is 19.3. The first-order valence-electron chi connectivity index (χ1n) is 11.7. The van der Waals surface area contributed by atoms with Gasteiger partial charge in [-0.1, -0.05) is 36.4 Å². The third-order valence-electron chi connectivity index (χ3n) is 6.95. The highest BCUT2D eigenvalue weighted by Gasteiger charge is 2.53. The summed E-state index contributed by atoms with van der Waals surface area (Å²) in [6, 6.07) is 16.8. The van der Waals surface area contributed by atoms with Crippen molar-refractivity contribution >= 4 is 5.91 Å². The van der Waals surface area contributed by atoms with Crippen molar-refractivity contribution in [3.63, 3.8) is 0 Å². The van der Waals surface area contributed by atoms with E-state index in [4.69, 9.17) is 14.2 Å². The molecule has 2 aromatic carbocycles. The van der Waals surface area contributed by atoms with Crippen LogP contribution in [0.3, 0.4) is 0 Å². The van der Waals surface area contributed by atoms with Crippen molar-refractivity contribution in [2.45, 2.75) is 44.1 Å². The number of hydrogen-bond donors (Lipinski definition) is 0. The number of methoxy groups -OCH3 is 2. The van der Waals surface area contributed by atoms with Crippen LogP contribution in [0.2, 0.25) is 0 Å². The van der Waals surface area contributed by atoms with Crippen molar-refractivity contribution in [3.05, 3.63) is 65.2 Å². The van der Waals surface area contributed by atoms with Crippen LogP contribution in [0.15, 0.2) is 48.5 Å². The standard InChI is InChI=1S/C27H35NO4/c1-30-17-18-32-20-23-5-3-21(4-6-23)19-22-11-15-28(16-12-22)26(29)27(13-14-27)24-7-9-25(31-2)10-8-24/h3-10,22H,11-20H2,1-2H3. The lowest BCUT2D eigenvalue weighted by Crippen LogP contribution is -2.44. The van der Waals surface area contributed by atoms with Crippen LogP contribution in [0.25, 0.3) is 0 Å². The molecule has 2 aliphatic rings. The number of nitrogens with zero attached hydrogens (tertiary/aromatic N) is 1. The van der Waals surface area contributed by atoms with Crippen LogP contribution in [-0.2, 0) is 32.7 Å². The molecule has 172 valence electrons. The average Bonchev–Trinajstić information content (AvgIpc) is 3.65. The molecule has 1 aliphatic heterocycles. The Morgan fingerprint density at radius 1 is 0.938 bits per heavy atom. The molecule has 1 aliphatic carbocycles. The van der Waals surface area contributed by atoms with E-state index in [1.165, 1.54) is 11.1 Å². The van der Waals surface area contributed by atoms with E-state index in [9.17, 15) is 4.79 Å². The Hall–Kier alpha value is -2.37. The summed E-state index contributed by atoms with van der Waals surface area (Å²) >= 11 is 0. The predicted molar refractivity (Wildman–Crippen MR) is 125 cm³/mol. The van der Waals surface area contributed by atoms with Crippen LogP contribution in [0.5, 0.6) is 5.75 Å². The summed E-state index contributed by atoms with van der Waals surface area (Å²) < 4.78 is 15.9. The molecule has 0 atom stereocenters. The predicted octanol–water partition coefficient (Wildman–Crippen LogP) is 4.37. The SMILES string of the molecule is COCCOCc1ccc(CC2CCN(C(=O)C3(c4ccc(OC)cc4)CC3)CC2)cc1. The van der Waals surface area contributed by atoms with Gasteiger partial charge in [-0.3, -0.25) is 4.79 Å². The Morgan fingerprint density at radius 3 is 2.19 bits per heavy atom. The van der Waals surface area contributed by atoms with Gasteiger partial charge in [-0.25, -0.2) is 0 Å². The van der Waals surface area contributed by atoms with Gasteiger partial charge in [0.2, 0.25) is 5.91 Å². The number of carbonyl (C=O) groups excluding carboxylic acids is 1. The Bertz CT molecular complexity index is 866. The zero-order valence-corrected chi connectivity index (χ0v) is 19.3. The molecule has 32 heavy (non-hydrogen) atoms. The van der Waals surface area contributed by atoms with Crippen LogP contribution in [0.4, 0.5) is 0 Å². The molecule has 1 amide bonds. The van der Waals surface area contributed by atoms with Crippen molar-refractivity contribution in [1.29, 1.82) is 0 Å². The van der Waals surface area contributed by atoms with E-state index in [2.05, 4.69) is 41.3 Å². The molecule has 0 bridgehead atoms. The van der Waals surface area contributed by atoms with E-state index in [0.29, 0.717) is 31.6 Å². The van der Waals surface area contributed by atoms with Gasteiger partial charge in [0.25, 0.3) is 0 Å². The summed E-state index contributed by atoms with van der Waals surface area (Å²) in [5.74, 6) is 1.79. The minimum Gasteiger partial charge on any atom is -0.497 e. The first-order valence-corrected chi connectivity index (χ1v) is 11.7. The molecule has 0 N–H and O–H groups in total. The number of benzene rings is 2. The quantitative estimate of drug-likeness (QED) is 0.518. The molecule has 2 aromatic rings. The number of carbonyl (C=O) groups is 1. The van der Waals surface area contributed by atoms with Crippen molar-refractivity contribution in [3.8, 4) is 5.75 Å². The Morgan fingerprint density at radius 2 is 1.59 bits per heavy atom. The van der Waals surface area contributed by atoms with E-state index in [1.54, 1.807) is 14.2 Å². The maximum atomic E-state index is 13.3. The molecule has 0 spiro atoms. The second kappa shape index (κ2) is 10.5. The van der Waals surface area contributed by atoms with Gasteiger partial charge in [-0.2, -0.15) is 0 Å². The summed E-state index contributed by atoms with van der Waals surface area (Å²) in [5, 5.41) is 0. The summed E-state index contributed by atoms with van der Waals surface area (Å²) in [4.78, 5) is 15.4. The summed E-state index contributed by atoms with van der Waals surface area (Å²) in [7, 11) is 3.36. The Labute approximate surface area is 191 Å². The van der Waals surface area contributed by atoms with Crippen LogP contribution in [0.1, 0.15) is 42.4 Å². The number of hydrogen-bond acceptors (Lipinski definition) is 4. The number of piperidine rings is 1. The van der Waals surface area contributed by atoms with E-state index in [1.807, 2.05) is 12.1 Å². The molecular weight excluding hydrogens is 402 g/mol. The Kier molecular flexibility index (Phi) is 7.48. The van der Waals surface area contributed by atoms with Crippen LogP contribution >= 0.6 is 0 Å². The molecular formula is C27H35NO4. The lowest BCUT2D eigenvalue weighted by atomic mass is 9.88. The van der Waals surface area contributed by atoms with Crippen molar-refractivity contribution in [2.75, 3.05) is 40.5 Å². The normalized spacial score (nSPS) is 17.9. The lowest BCUT2D eigenvalue weighted by Gasteiger charge is -2.34. The fourth-order valence-electron chi connectivity index (χ4n) is 4.74. The maximum Gasteiger partial charge on any atom is 0.233 e. The summed E-state index contributed by atoms with van der Waals surface area (Å²) in [6.07, 6.45) is 5.15. The lowest BCUT2D eigenvalue weighted by molar-refractivity contribution is -0.135. The van der Waals surface area contributed by atoms with E-state index >= 15 is 0 Å². The molecule has 0 aromatic heterocycles. The van der Waals surface area contributed by atoms with Gasteiger partial charge in [-0.05, 0) is 66.8 Å². The van der Waals surface area contributed by atoms with Crippen LogP contribution < -0.4 is 4.74 Å². The molecule has 5 nitrogen and oxygen atoms in total. The summed E-state index contributed by atoms with van der Waals surface area (Å²) in [6.45, 7) is 3.61. The van der Waals surface area contributed by atoms with Crippen molar-refractivity contribution in [2.24, 2.45) is 5.92 Å². The van der Waals surface area contributed by atoms with Crippen LogP contribution in [0, 0.1) is 5.92 Å². The number of amides is 1. The average molecular weight is 438 g/mol. The van der Waals surface area contributed by atoms with Gasteiger partial charge in [0.1, 0.15) is 5.75 Å². The Balaban J connectivity index is 1.25. The zero-order chi connectivity index (χ0) is 22.4. The fourth-order valence-corrected chi connectivity index (χ4v) is 4.74. The molecule has 5 heteroatoms. The van der Waals surface area contributed by atoms with Gasteiger partial charge >= 0.3 is 0 Å². The molecule has 1 saturated heterocycles. The van der Waals surface area contributed by atoms with E-state index in [-0.39, 0.29) is 5.41 Å². The first-order chi connectivity index (χ1) is 15.6. The van der Waals surface area contributed by atoms with E-state index < -0.39 is 0 Å². The van der Waals surface area contributed by atoms with Gasteiger partial charge < -0.3 is 19.1 Å². The second-order valence-corrected chi connectivity index (χ2v) is 9.11. The molecule has 2 fully saturated rings. The number of likely N-dealkylation sites (tertiary alicyclic amines) is 1. The molecule has 0 unspecified atom stereocenters. The largest absolute Gasteiger partial charge is 0.497 e. The maximum absolute atomic E-state index is 13.3. The molecule has 4 rings (SSSR count). The third kappa shape index (κ3) is 5.33. The monoisotopic (exact) mass is 437 g/mol. The molecule has 0 radical (unpaired) electrons. The topological polar surface area (TPSA) is 48.0 Å². The first kappa shape index (κ1) is 22.8. The molecule has 1 saturated carbocycles. The molecule has 1 heterocycles. The second-order valence-electron chi connectivity index (χ2n) is 9.11. The fraction of sp³-hybridized carbons (Fsp3) is 0.519. The van der Waals surface area contributed by atoms with Gasteiger partial charge in [0.15, 0.2) is 0 Å². The minimum atomic E-state index is -0.291. The smallest absolute Gasteiger partial charge is 0.233 e. The minimum absolute atomic E-state index is 0.291. The van der Waals surface area contributed by atoms with Gasteiger partial charge in [-0.15, -0.1) is 0 Å². The van der Waals surface area contributed by atoms with Gasteiger partial charge in [0.05, 0.1) is 32.3 Å². The number of ether oxygens (including phenoxy) is 3. The van der Waals surface area contributed by atoms with Crippen molar-refractivity contribution < 1.29 is 19.0 Å². The van der Waals surface area contributed by atoms with E-state index in [0.717, 1.165) is 56.5 Å². The van der Waals surface area contributed by atoms with Crippen LogP contribution in [-0.4, -0.2) is 51.3 Å². The highest BCUT2D eigenvalue weighted by Crippen LogP contribution is 2.50. The van der Waals surface area contributed by atoms with Gasteiger partial charge in [0, 0.05) is 20.2 Å². The van der Waals surface area contributed by atoms with Crippen molar-refractivity contribution in [1.82, 2.24) is 4.90 Å². The number of rotatable bonds is 10. The summed E-state index contributed by atoms with van der Waals surface area (Å²) in [5.41, 5.74) is 3.41. The highest BCUT2D eigenvalue weighted by atomic mass is 16.5. The third-order valence-corrected chi connectivity index (χ3v) is 6.95.